The van der Waals surface area contributed by atoms with Crippen molar-refractivity contribution in [2.24, 2.45) is 15.9 Å². The highest BCUT2D eigenvalue weighted by Gasteiger charge is 2.09. The van der Waals surface area contributed by atoms with Crippen LogP contribution in [0.15, 0.2) is 34.5 Å². The summed E-state index contributed by atoms with van der Waals surface area (Å²) in [4.78, 5) is 0. The predicted molar refractivity (Wildman–Crippen MR) is 95.8 cm³/mol. The third-order valence-corrected chi connectivity index (χ3v) is 2.93. The molecule has 0 radical (unpaired) electrons. The number of hydrogen-bond donors (Lipinski definition) is 4. The number of benzene rings is 1. The fourth-order valence-electron chi connectivity index (χ4n) is 1.32. The highest BCUT2D eigenvalue weighted by atomic mass is 35.5. The van der Waals surface area contributed by atoms with Crippen LogP contribution in [0.25, 0.3) is 0 Å². The fraction of sp³-hybridized carbons (Fsp3) is 0.167. The first kappa shape index (κ1) is 17.3. The Balaban J connectivity index is 3.10. The largest absolute Gasteiger partial charge is 0.375 e. The van der Waals surface area contributed by atoms with E-state index >= 15 is 0 Å². The third kappa shape index (κ3) is 6.03. The van der Waals surface area contributed by atoms with Gasteiger partial charge in [0.2, 0.25) is 0 Å². The highest BCUT2D eigenvalue weighted by molar-refractivity contribution is 7.80. The van der Waals surface area contributed by atoms with E-state index < -0.39 is 0 Å². The molecule has 0 saturated carbocycles. The SMILES string of the molecule is CNC(=S)N/N=C(/C(C)=N/NC(N)=S)c1ccc(Cl)cc1. The minimum absolute atomic E-state index is 0.0727. The maximum Gasteiger partial charge on any atom is 0.186 e. The third-order valence-electron chi connectivity index (χ3n) is 2.29. The lowest BCUT2D eigenvalue weighted by molar-refractivity contribution is 0.975. The number of rotatable bonds is 4. The van der Waals surface area contributed by atoms with Gasteiger partial charge in [0.25, 0.3) is 0 Å². The molecule has 0 heterocycles. The van der Waals surface area contributed by atoms with E-state index in [1.165, 1.54) is 0 Å². The quantitative estimate of drug-likeness (QED) is 0.375. The second-order valence-electron chi connectivity index (χ2n) is 3.83. The molecule has 0 aliphatic heterocycles. The molecule has 0 saturated heterocycles. The van der Waals surface area contributed by atoms with Crippen LogP contribution in [0, 0.1) is 0 Å². The first-order chi connectivity index (χ1) is 9.93. The molecule has 5 N–H and O–H groups in total. The molecule has 0 spiro atoms. The summed E-state index contributed by atoms with van der Waals surface area (Å²) >= 11 is 15.6. The molecule has 0 aromatic heterocycles. The van der Waals surface area contributed by atoms with Gasteiger partial charge in [0.15, 0.2) is 10.2 Å². The van der Waals surface area contributed by atoms with Crippen molar-refractivity contribution in [2.75, 3.05) is 7.05 Å². The van der Waals surface area contributed by atoms with Gasteiger partial charge in [-0.3, -0.25) is 10.9 Å². The van der Waals surface area contributed by atoms with Crippen molar-refractivity contribution >= 4 is 57.7 Å². The summed E-state index contributed by atoms with van der Waals surface area (Å²) in [5.41, 5.74) is 12.6. The van der Waals surface area contributed by atoms with Crippen molar-refractivity contribution in [3.8, 4) is 0 Å². The lowest BCUT2D eigenvalue weighted by Gasteiger charge is -2.09. The topological polar surface area (TPSA) is 86.8 Å². The van der Waals surface area contributed by atoms with Gasteiger partial charge in [-0.05, 0) is 43.5 Å². The number of hydrogen-bond acceptors (Lipinski definition) is 4. The van der Waals surface area contributed by atoms with Crippen molar-refractivity contribution in [3.63, 3.8) is 0 Å². The Morgan fingerprint density at radius 2 is 1.76 bits per heavy atom. The normalized spacial score (nSPS) is 11.8. The van der Waals surface area contributed by atoms with Crippen LogP contribution in [0.3, 0.4) is 0 Å². The lowest BCUT2D eigenvalue weighted by Crippen LogP contribution is -2.31. The van der Waals surface area contributed by atoms with Crippen LogP contribution in [0.4, 0.5) is 0 Å². The number of thiocarbonyl (C=S) groups is 2. The minimum Gasteiger partial charge on any atom is -0.375 e. The molecule has 6 nitrogen and oxygen atoms in total. The molecule has 1 aromatic carbocycles. The standard InChI is InChI=1S/C12H15ClN6S2/c1-7(16-18-11(14)20)10(17-19-12(21)15-2)8-3-5-9(13)6-4-8/h3-6H,1-2H3,(H3,14,18,20)(H2,15,19,21)/b16-7+,17-10-. The van der Waals surface area contributed by atoms with Crippen LogP contribution in [0.2, 0.25) is 5.02 Å². The molecule has 21 heavy (non-hydrogen) atoms. The van der Waals surface area contributed by atoms with Crippen molar-refractivity contribution in [2.45, 2.75) is 6.92 Å². The molecule has 112 valence electrons. The maximum atomic E-state index is 5.89. The summed E-state index contributed by atoms with van der Waals surface area (Å²) in [6.07, 6.45) is 0. The van der Waals surface area contributed by atoms with Crippen LogP contribution in [0.5, 0.6) is 0 Å². The Labute approximate surface area is 138 Å². The molecule has 0 amide bonds. The maximum absolute atomic E-state index is 5.89. The van der Waals surface area contributed by atoms with Gasteiger partial charge in [-0.25, -0.2) is 0 Å². The Hall–Kier alpha value is -1.77. The molecular formula is C12H15ClN6S2. The number of nitrogens with zero attached hydrogens (tertiary/aromatic N) is 2. The number of halogens is 1. The van der Waals surface area contributed by atoms with Crippen molar-refractivity contribution in [3.05, 3.63) is 34.9 Å². The first-order valence-electron chi connectivity index (χ1n) is 5.85. The van der Waals surface area contributed by atoms with Gasteiger partial charge < -0.3 is 11.1 Å². The zero-order valence-electron chi connectivity index (χ0n) is 11.5. The molecule has 0 unspecified atom stereocenters. The monoisotopic (exact) mass is 342 g/mol. The summed E-state index contributed by atoms with van der Waals surface area (Å²) in [5, 5.41) is 12.2. The van der Waals surface area contributed by atoms with E-state index in [0.717, 1.165) is 5.56 Å². The molecule has 0 aliphatic rings. The number of nitrogens with two attached hydrogens (primary N) is 1. The number of nitrogens with one attached hydrogen (secondary N) is 3. The van der Waals surface area contributed by atoms with E-state index in [-0.39, 0.29) is 5.11 Å². The fourth-order valence-corrected chi connectivity index (χ4v) is 1.53. The summed E-state index contributed by atoms with van der Waals surface area (Å²) < 4.78 is 0. The van der Waals surface area contributed by atoms with Gasteiger partial charge in [-0.15, -0.1) is 0 Å². The highest BCUT2D eigenvalue weighted by Crippen LogP contribution is 2.11. The Kier molecular flexibility index (Phi) is 7.00. The number of hydrazone groups is 2. The predicted octanol–water partition coefficient (Wildman–Crippen LogP) is 1.35. The van der Waals surface area contributed by atoms with E-state index in [4.69, 9.17) is 41.8 Å². The van der Waals surface area contributed by atoms with Gasteiger partial charge in [0.1, 0.15) is 5.71 Å². The van der Waals surface area contributed by atoms with E-state index in [2.05, 4.69) is 26.4 Å². The summed E-state index contributed by atoms with van der Waals surface area (Å²) in [7, 11) is 1.70. The first-order valence-corrected chi connectivity index (χ1v) is 7.05. The van der Waals surface area contributed by atoms with Crippen LogP contribution in [-0.2, 0) is 0 Å². The summed E-state index contributed by atoms with van der Waals surface area (Å²) in [6.45, 7) is 1.77. The molecule has 9 heteroatoms. The molecule has 1 aromatic rings. The molecule has 0 bridgehead atoms. The smallest absolute Gasteiger partial charge is 0.186 e. The van der Waals surface area contributed by atoms with E-state index in [0.29, 0.717) is 21.6 Å². The van der Waals surface area contributed by atoms with E-state index in [1.54, 1.807) is 26.1 Å². The van der Waals surface area contributed by atoms with Crippen LogP contribution in [0.1, 0.15) is 12.5 Å². The summed E-state index contributed by atoms with van der Waals surface area (Å²) in [6, 6.07) is 7.17. The second-order valence-corrected chi connectivity index (χ2v) is 5.12. The van der Waals surface area contributed by atoms with Crippen LogP contribution in [-0.4, -0.2) is 28.7 Å². The second kappa shape index (κ2) is 8.50. The van der Waals surface area contributed by atoms with E-state index in [1.807, 2.05) is 12.1 Å². The summed E-state index contributed by atoms with van der Waals surface area (Å²) in [5.74, 6) is 0. The van der Waals surface area contributed by atoms with Gasteiger partial charge in [-0.2, -0.15) is 10.2 Å². The molecule has 0 atom stereocenters. The van der Waals surface area contributed by atoms with Crippen molar-refractivity contribution in [1.29, 1.82) is 0 Å². The van der Waals surface area contributed by atoms with Crippen LogP contribution >= 0.6 is 36.0 Å². The zero-order chi connectivity index (χ0) is 15.8. The minimum atomic E-state index is 0.0727. The van der Waals surface area contributed by atoms with Gasteiger partial charge in [-0.1, -0.05) is 23.7 Å². The molecule has 0 aliphatic carbocycles. The van der Waals surface area contributed by atoms with Crippen LogP contribution < -0.4 is 21.9 Å². The van der Waals surface area contributed by atoms with Crippen molar-refractivity contribution in [1.82, 2.24) is 16.2 Å². The van der Waals surface area contributed by atoms with Gasteiger partial charge >= 0.3 is 0 Å². The lowest BCUT2D eigenvalue weighted by atomic mass is 10.1. The Morgan fingerprint density at radius 1 is 1.14 bits per heavy atom. The zero-order valence-corrected chi connectivity index (χ0v) is 13.9. The Morgan fingerprint density at radius 3 is 2.29 bits per heavy atom. The molecule has 0 fully saturated rings. The van der Waals surface area contributed by atoms with Gasteiger partial charge in [0, 0.05) is 17.6 Å². The van der Waals surface area contributed by atoms with Crippen molar-refractivity contribution < 1.29 is 0 Å². The average molecular weight is 343 g/mol. The van der Waals surface area contributed by atoms with Gasteiger partial charge in [0.05, 0.1) is 5.71 Å². The molecular weight excluding hydrogens is 328 g/mol. The molecule has 1 rings (SSSR count). The average Bonchev–Trinajstić information content (AvgIpc) is 2.46. The Bertz CT molecular complexity index is 582. The van der Waals surface area contributed by atoms with E-state index in [9.17, 15) is 0 Å².